The van der Waals surface area contributed by atoms with Crippen LogP contribution in [0.4, 0.5) is 0 Å². The van der Waals surface area contributed by atoms with Crippen molar-refractivity contribution in [3.63, 3.8) is 0 Å². The van der Waals surface area contributed by atoms with E-state index in [0.29, 0.717) is 24.4 Å². The molecule has 1 unspecified atom stereocenters. The smallest absolute Gasteiger partial charge is 0.128 e. The molecule has 0 aliphatic carbocycles. The predicted octanol–water partition coefficient (Wildman–Crippen LogP) is 2.39. The monoisotopic (exact) mass is 264 g/mol. The Balaban J connectivity index is 2.63. The molecular weight excluding hydrogens is 244 g/mol. The molecule has 0 radical (unpaired) electrons. The Labute approximate surface area is 113 Å². The summed E-state index contributed by atoms with van der Waals surface area (Å²) in [6.45, 7) is 6.76. The van der Waals surface area contributed by atoms with Crippen LogP contribution in [-0.2, 0) is 17.8 Å². The van der Waals surface area contributed by atoms with E-state index in [1.165, 1.54) is 0 Å². The van der Waals surface area contributed by atoms with Crippen LogP contribution in [0.15, 0.2) is 18.2 Å². The lowest BCUT2D eigenvalue weighted by atomic mass is 9.93. The Morgan fingerprint density at radius 1 is 1.37 bits per heavy atom. The minimum Gasteiger partial charge on any atom is -0.496 e. The largest absolute Gasteiger partial charge is 0.496 e. The van der Waals surface area contributed by atoms with Gasteiger partial charge in [0, 0.05) is 16.7 Å². The van der Waals surface area contributed by atoms with E-state index < -0.39 is 6.10 Å². The van der Waals surface area contributed by atoms with Gasteiger partial charge in [0.1, 0.15) is 17.6 Å². The first-order valence-electron chi connectivity index (χ1n) is 6.28. The number of methoxy groups -OCH3 is 2. The van der Waals surface area contributed by atoms with E-state index >= 15 is 0 Å². The van der Waals surface area contributed by atoms with Crippen molar-refractivity contribution in [2.24, 2.45) is 0 Å². The average Bonchev–Trinajstić information content (AvgIpc) is 2.44. The van der Waals surface area contributed by atoms with Gasteiger partial charge in [0.15, 0.2) is 0 Å². The van der Waals surface area contributed by atoms with Gasteiger partial charge in [-0.15, -0.1) is 0 Å². The second-order valence-electron chi connectivity index (χ2n) is 4.71. The van der Waals surface area contributed by atoms with Crippen molar-refractivity contribution in [3.05, 3.63) is 34.9 Å². The summed E-state index contributed by atoms with van der Waals surface area (Å²) in [5, 5.41) is 10.3. The summed E-state index contributed by atoms with van der Waals surface area (Å²) < 4.78 is 16.4. The molecule has 1 atom stereocenters. The molecule has 4 nitrogen and oxygen atoms in total. The van der Waals surface area contributed by atoms with E-state index in [-0.39, 0.29) is 0 Å². The van der Waals surface area contributed by atoms with Crippen molar-refractivity contribution >= 4 is 0 Å². The van der Waals surface area contributed by atoms with E-state index in [2.05, 4.69) is 6.58 Å². The van der Waals surface area contributed by atoms with Crippen LogP contribution in [0.3, 0.4) is 0 Å². The summed E-state index contributed by atoms with van der Waals surface area (Å²) in [6.07, 6.45) is 0.00279. The Morgan fingerprint density at radius 3 is 2.68 bits per heavy atom. The molecule has 1 heterocycles. The lowest BCUT2D eigenvalue weighted by Crippen LogP contribution is -2.15. The molecule has 0 bridgehead atoms. The molecule has 1 aliphatic heterocycles. The van der Waals surface area contributed by atoms with Crippen molar-refractivity contribution in [3.8, 4) is 11.5 Å². The third-order valence-electron chi connectivity index (χ3n) is 3.41. The topological polar surface area (TPSA) is 47.9 Å². The highest BCUT2D eigenvalue weighted by Crippen LogP contribution is 2.41. The van der Waals surface area contributed by atoms with E-state index in [1.54, 1.807) is 21.1 Å². The zero-order valence-corrected chi connectivity index (χ0v) is 11.7. The molecule has 1 aliphatic rings. The molecule has 0 spiro atoms. The van der Waals surface area contributed by atoms with E-state index in [0.717, 1.165) is 29.0 Å². The first-order chi connectivity index (χ1) is 9.10. The maximum atomic E-state index is 10.3. The second kappa shape index (κ2) is 5.63. The average molecular weight is 264 g/mol. The summed E-state index contributed by atoms with van der Waals surface area (Å²) in [7, 11) is 3.24. The van der Waals surface area contributed by atoms with Crippen LogP contribution in [0.5, 0.6) is 11.5 Å². The zero-order valence-electron chi connectivity index (χ0n) is 11.7. The van der Waals surface area contributed by atoms with Crippen molar-refractivity contribution < 1.29 is 19.3 Å². The third-order valence-corrected chi connectivity index (χ3v) is 3.41. The fourth-order valence-electron chi connectivity index (χ4n) is 2.42. The molecular formula is C15H20O4. The Hall–Kier alpha value is -1.52. The molecule has 0 saturated carbocycles. The van der Waals surface area contributed by atoms with Gasteiger partial charge in [-0.1, -0.05) is 6.58 Å². The summed E-state index contributed by atoms with van der Waals surface area (Å²) in [5.41, 5.74) is 3.44. The number of aliphatic hydroxyl groups is 1. The van der Waals surface area contributed by atoms with Gasteiger partial charge in [0.25, 0.3) is 0 Å². The van der Waals surface area contributed by atoms with Crippen LogP contribution in [0.25, 0.3) is 0 Å². The van der Waals surface area contributed by atoms with Crippen LogP contribution in [0.1, 0.15) is 29.7 Å². The fraction of sp³-hybridized carbons (Fsp3) is 0.467. The number of aliphatic hydroxyl groups excluding tert-OH is 1. The molecule has 4 heteroatoms. The number of benzene rings is 1. The molecule has 104 valence electrons. The highest BCUT2D eigenvalue weighted by molar-refractivity contribution is 5.56. The maximum absolute atomic E-state index is 10.3. The fourth-order valence-corrected chi connectivity index (χ4v) is 2.42. The van der Waals surface area contributed by atoms with Crippen LogP contribution < -0.4 is 9.47 Å². The minimum absolute atomic E-state index is 0.512. The van der Waals surface area contributed by atoms with Gasteiger partial charge in [0.05, 0.1) is 27.4 Å². The van der Waals surface area contributed by atoms with Crippen LogP contribution in [0, 0.1) is 0 Å². The van der Waals surface area contributed by atoms with E-state index in [9.17, 15) is 5.11 Å². The van der Waals surface area contributed by atoms with Gasteiger partial charge in [-0.2, -0.15) is 0 Å². The van der Waals surface area contributed by atoms with Gasteiger partial charge in [-0.05, 0) is 25.0 Å². The molecule has 1 N–H and O–H groups in total. The molecule has 0 aromatic heterocycles. The first kappa shape index (κ1) is 13.9. The Bertz CT molecular complexity index is 493. The minimum atomic E-state index is -0.753. The van der Waals surface area contributed by atoms with Gasteiger partial charge >= 0.3 is 0 Å². The zero-order chi connectivity index (χ0) is 14.0. The highest BCUT2D eigenvalue weighted by atomic mass is 16.5. The van der Waals surface area contributed by atoms with Crippen molar-refractivity contribution in [1.82, 2.24) is 0 Å². The lowest BCUT2D eigenvalue weighted by molar-refractivity contribution is 0.106. The second-order valence-corrected chi connectivity index (χ2v) is 4.71. The third kappa shape index (κ3) is 2.46. The molecule has 0 saturated heterocycles. The molecule has 1 aromatic carbocycles. The molecule has 0 fully saturated rings. The van der Waals surface area contributed by atoms with E-state index in [1.807, 2.05) is 6.07 Å². The quantitative estimate of drug-likeness (QED) is 0.848. The summed E-state index contributed by atoms with van der Waals surface area (Å²) >= 11 is 0. The summed E-state index contributed by atoms with van der Waals surface area (Å²) in [5.74, 6) is 1.44. The lowest BCUT2D eigenvalue weighted by Gasteiger charge is -2.25. The van der Waals surface area contributed by atoms with Crippen LogP contribution in [0.2, 0.25) is 0 Å². The van der Waals surface area contributed by atoms with Crippen molar-refractivity contribution in [2.75, 3.05) is 20.8 Å². The molecule has 1 aromatic rings. The number of fused-ring (bicyclic) bond motifs is 1. The first-order valence-corrected chi connectivity index (χ1v) is 6.28. The number of rotatable bonds is 4. The number of hydrogen-bond donors (Lipinski definition) is 1. The summed E-state index contributed by atoms with van der Waals surface area (Å²) in [6, 6.07) is 1.81. The molecule has 0 amide bonds. The van der Waals surface area contributed by atoms with Gasteiger partial charge in [-0.3, -0.25) is 0 Å². The SMILES string of the molecule is C=C(C)C(O)c1cc(OC)c2c(c1OC)CCOC2. The van der Waals surface area contributed by atoms with Crippen LogP contribution >= 0.6 is 0 Å². The normalized spacial score (nSPS) is 15.6. The van der Waals surface area contributed by atoms with Gasteiger partial charge in [-0.25, -0.2) is 0 Å². The maximum Gasteiger partial charge on any atom is 0.128 e. The number of hydrogen-bond acceptors (Lipinski definition) is 4. The van der Waals surface area contributed by atoms with Gasteiger partial charge < -0.3 is 19.3 Å². The highest BCUT2D eigenvalue weighted by Gasteiger charge is 2.25. The van der Waals surface area contributed by atoms with E-state index in [4.69, 9.17) is 14.2 Å². The van der Waals surface area contributed by atoms with Gasteiger partial charge in [0.2, 0.25) is 0 Å². The Morgan fingerprint density at radius 2 is 2.11 bits per heavy atom. The molecule has 2 rings (SSSR count). The summed E-state index contributed by atoms with van der Waals surface area (Å²) in [4.78, 5) is 0. The van der Waals surface area contributed by atoms with Crippen LogP contribution in [-0.4, -0.2) is 25.9 Å². The van der Waals surface area contributed by atoms with Crippen molar-refractivity contribution in [1.29, 1.82) is 0 Å². The van der Waals surface area contributed by atoms with Crippen molar-refractivity contribution in [2.45, 2.75) is 26.1 Å². The predicted molar refractivity (Wildman–Crippen MR) is 72.7 cm³/mol. The number of ether oxygens (including phenoxy) is 3. The molecule has 19 heavy (non-hydrogen) atoms. The standard InChI is InChI=1S/C15H20O4/c1-9(2)14(16)11-7-13(17-3)12-8-19-6-5-10(12)15(11)18-4/h7,14,16H,1,5-6,8H2,2-4H3. The Kier molecular flexibility index (Phi) is 4.12.